The zero-order valence-corrected chi connectivity index (χ0v) is 13.0. The van der Waals surface area contributed by atoms with Crippen LogP contribution in [0.2, 0.25) is 0 Å². The highest BCUT2D eigenvalue weighted by molar-refractivity contribution is 5.32. The number of benzene rings is 1. The summed E-state index contributed by atoms with van der Waals surface area (Å²) in [6.07, 6.45) is 1.83. The van der Waals surface area contributed by atoms with Crippen molar-refractivity contribution in [3.8, 4) is 0 Å². The van der Waals surface area contributed by atoms with E-state index in [-0.39, 0.29) is 12.1 Å². The minimum atomic E-state index is -0.247. The fraction of sp³-hybridized carbons (Fsp3) is 0.647. The van der Waals surface area contributed by atoms with Gasteiger partial charge in [-0.25, -0.2) is 0 Å². The number of rotatable bonds is 7. The summed E-state index contributed by atoms with van der Waals surface area (Å²) in [7, 11) is 0. The van der Waals surface area contributed by atoms with Gasteiger partial charge in [-0.3, -0.25) is 0 Å². The van der Waals surface area contributed by atoms with Gasteiger partial charge in [-0.1, -0.05) is 50.5 Å². The van der Waals surface area contributed by atoms with Crippen LogP contribution in [0.1, 0.15) is 56.3 Å². The highest BCUT2D eigenvalue weighted by Gasteiger charge is 2.16. The molecule has 0 fully saturated rings. The molecule has 1 aromatic carbocycles. The van der Waals surface area contributed by atoms with E-state index in [9.17, 15) is 5.11 Å². The van der Waals surface area contributed by atoms with Crippen LogP contribution in [0.15, 0.2) is 18.2 Å². The van der Waals surface area contributed by atoms with Crippen molar-refractivity contribution in [1.29, 1.82) is 0 Å². The Morgan fingerprint density at radius 1 is 1.16 bits per heavy atom. The number of aliphatic hydroxyl groups is 1. The van der Waals surface area contributed by atoms with Gasteiger partial charge in [-0.15, -0.1) is 0 Å². The highest BCUT2D eigenvalue weighted by atomic mass is 16.3. The average molecular weight is 263 g/mol. The highest BCUT2D eigenvalue weighted by Crippen LogP contribution is 2.19. The summed E-state index contributed by atoms with van der Waals surface area (Å²) in [5.41, 5.74) is 3.94. The van der Waals surface area contributed by atoms with E-state index < -0.39 is 0 Å². The lowest BCUT2D eigenvalue weighted by Crippen LogP contribution is -2.34. The summed E-state index contributed by atoms with van der Waals surface area (Å²) in [4.78, 5) is 0. The fourth-order valence-electron chi connectivity index (χ4n) is 2.72. The van der Waals surface area contributed by atoms with E-state index in [2.05, 4.69) is 58.1 Å². The Labute approximate surface area is 118 Å². The van der Waals surface area contributed by atoms with Gasteiger partial charge < -0.3 is 10.4 Å². The smallest absolute Gasteiger partial charge is 0.0692 e. The van der Waals surface area contributed by atoms with Crippen molar-refractivity contribution < 1.29 is 5.11 Å². The van der Waals surface area contributed by atoms with Crippen LogP contribution in [-0.4, -0.2) is 17.8 Å². The zero-order chi connectivity index (χ0) is 14.4. The van der Waals surface area contributed by atoms with E-state index in [4.69, 9.17) is 0 Å². The molecule has 2 N–H and O–H groups in total. The molecule has 0 bridgehead atoms. The van der Waals surface area contributed by atoms with E-state index >= 15 is 0 Å². The first-order chi connectivity index (χ1) is 8.99. The lowest BCUT2D eigenvalue weighted by molar-refractivity contribution is 0.0988. The third-order valence-electron chi connectivity index (χ3n) is 4.12. The van der Waals surface area contributed by atoms with Crippen LogP contribution in [-0.2, 0) is 0 Å². The molecule has 2 nitrogen and oxygen atoms in total. The van der Waals surface area contributed by atoms with Gasteiger partial charge in [0.2, 0.25) is 0 Å². The maximum absolute atomic E-state index is 10.2. The van der Waals surface area contributed by atoms with Gasteiger partial charge in [0.25, 0.3) is 0 Å². The molecule has 0 amide bonds. The normalized spacial score (nSPS) is 14.7. The quantitative estimate of drug-likeness (QED) is 0.785. The first-order valence-corrected chi connectivity index (χ1v) is 7.48. The number of hydrogen-bond acceptors (Lipinski definition) is 2. The Bertz CT molecular complexity index is 385. The number of hydrogen-bond donors (Lipinski definition) is 2. The van der Waals surface area contributed by atoms with E-state index in [0.717, 1.165) is 12.8 Å². The van der Waals surface area contributed by atoms with E-state index in [1.165, 1.54) is 16.7 Å². The molecule has 0 spiro atoms. The van der Waals surface area contributed by atoms with Crippen molar-refractivity contribution in [3.05, 3.63) is 34.9 Å². The van der Waals surface area contributed by atoms with Gasteiger partial charge in [0.1, 0.15) is 0 Å². The lowest BCUT2D eigenvalue weighted by Gasteiger charge is -2.23. The zero-order valence-electron chi connectivity index (χ0n) is 13.0. The van der Waals surface area contributed by atoms with Crippen LogP contribution in [0.3, 0.4) is 0 Å². The predicted molar refractivity (Wildman–Crippen MR) is 82.4 cm³/mol. The molecule has 2 heteroatoms. The van der Waals surface area contributed by atoms with Gasteiger partial charge >= 0.3 is 0 Å². The van der Waals surface area contributed by atoms with Crippen LogP contribution in [0.4, 0.5) is 0 Å². The first-order valence-electron chi connectivity index (χ1n) is 7.48. The molecule has 0 aromatic heterocycles. The van der Waals surface area contributed by atoms with Gasteiger partial charge in [0, 0.05) is 12.6 Å². The molecule has 1 aromatic rings. The summed E-state index contributed by atoms with van der Waals surface area (Å²) in [6, 6.07) is 6.83. The molecule has 0 aliphatic heterocycles. The van der Waals surface area contributed by atoms with Crippen LogP contribution in [0.5, 0.6) is 0 Å². The fourth-order valence-corrected chi connectivity index (χ4v) is 2.72. The van der Waals surface area contributed by atoms with Crippen LogP contribution >= 0.6 is 0 Å². The Kier molecular flexibility index (Phi) is 6.53. The molecule has 0 aliphatic rings. The van der Waals surface area contributed by atoms with Gasteiger partial charge in [0.05, 0.1) is 6.10 Å². The second kappa shape index (κ2) is 7.66. The molecule has 1 rings (SSSR count). The molecule has 0 aliphatic carbocycles. The molecule has 2 unspecified atom stereocenters. The third-order valence-corrected chi connectivity index (χ3v) is 4.12. The second-order valence-electron chi connectivity index (χ2n) is 5.63. The molecule has 19 heavy (non-hydrogen) atoms. The summed E-state index contributed by atoms with van der Waals surface area (Å²) >= 11 is 0. The minimum absolute atomic E-state index is 0.247. The van der Waals surface area contributed by atoms with Gasteiger partial charge in [-0.2, -0.15) is 0 Å². The van der Waals surface area contributed by atoms with Crippen LogP contribution < -0.4 is 5.32 Å². The summed E-state index contributed by atoms with van der Waals surface area (Å²) in [6.45, 7) is 11.4. The maximum atomic E-state index is 10.2. The largest absolute Gasteiger partial charge is 0.392 e. The summed E-state index contributed by atoms with van der Waals surface area (Å²) < 4.78 is 0. The predicted octanol–water partition coefficient (Wildman–Crippen LogP) is 3.75. The molecule has 0 heterocycles. The number of nitrogens with one attached hydrogen (secondary N) is 1. The van der Waals surface area contributed by atoms with E-state index in [1.807, 2.05) is 0 Å². The van der Waals surface area contributed by atoms with Crippen molar-refractivity contribution in [2.24, 2.45) is 5.92 Å². The lowest BCUT2D eigenvalue weighted by atomic mass is 9.95. The SMILES string of the molecule is CCC(CC)C(O)CNC(C)c1ccc(C)cc1C. The van der Waals surface area contributed by atoms with Gasteiger partial charge in [0.15, 0.2) is 0 Å². The Balaban J connectivity index is 2.57. The van der Waals surface area contributed by atoms with Gasteiger partial charge in [-0.05, 0) is 37.8 Å². The second-order valence-corrected chi connectivity index (χ2v) is 5.63. The molecule has 2 atom stereocenters. The number of aliphatic hydroxyl groups excluding tert-OH is 1. The molecular formula is C17H29NO. The number of aryl methyl sites for hydroxylation is 2. The van der Waals surface area contributed by atoms with Crippen molar-refractivity contribution in [1.82, 2.24) is 5.32 Å². The maximum Gasteiger partial charge on any atom is 0.0692 e. The third kappa shape index (κ3) is 4.63. The molecule has 108 valence electrons. The van der Waals surface area contributed by atoms with Crippen molar-refractivity contribution in [2.45, 2.75) is 59.6 Å². The van der Waals surface area contributed by atoms with E-state index in [0.29, 0.717) is 12.5 Å². The van der Waals surface area contributed by atoms with Crippen LogP contribution in [0, 0.1) is 19.8 Å². The molecule has 0 saturated heterocycles. The van der Waals surface area contributed by atoms with Crippen molar-refractivity contribution >= 4 is 0 Å². The van der Waals surface area contributed by atoms with Crippen LogP contribution in [0.25, 0.3) is 0 Å². The van der Waals surface area contributed by atoms with Crippen molar-refractivity contribution in [3.63, 3.8) is 0 Å². The molecular weight excluding hydrogens is 234 g/mol. The first kappa shape index (κ1) is 16.2. The molecule has 0 saturated carbocycles. The topological polar surface area (TPSA) is 32.3 Å². The standard InChI is InChI=1S/C17H29NO/c1-6-15(7-2)17(19)11-18-14(5)16-9-8-12(3)10-13(16)4/h8-10,14-15,17-19H,6-7,11H2,1-5H3. The van der Waals surface area contributed by atoms with Crippen molar-refractivity contribution in [2.75, 3.05) is 6.54 Å². The molecule has 0 radical (unpaired) electrons. The average Bonchev–Trinajstić information content (AvgIpc) is 2.37. The monoisotopic (exact) mass is 263 g/mol. The summed E-state index contributed by atoms with van der Waals surface area (Å²) in [5.74, 6) is 0.402. The Hall–Kier alpha value is -0.860. The minimum Gasteiger partial charge on any atom is -0.392 e. The Morgan fingerprint density at radius 3 is 2.32 bits per heavy atom. The Morgan fingerprint density at radius 2 is 1.79 bits per heavy atom. The van der Waals surface area contributed by atoms with E-state index in [1.54, 1.807) is 0 Å². The summed E-state index contributed by atoms with van der Waals surface area (Å²) in [5, 5.41) is 13.6.